The van der Waals surface area contributed by atoms with Crippen molar-refractivity contribution in [3.05, 3.63) is 48.4 Å². The zero-order valence-electron chi connectivity index (χ0n) is 13.5. The van der Waals surface area contributed by atoms with Gasteiger partial charge < -0.3 is 9.72 Å². The third-order valence-corrected chi connectivity index (χ3v) is 4.79. The molecule has 4 rings (SSSR count). The molecule has 1 atom stereocenters. The monoisotopic (exact) mass is 307 g/mol. The number of rotatable bonds is 3. The molecule has 0 bridgehead atoms. The number of fused-ring (bicyclic) bond motifs is 1. The second-order valence-corrected chi connectivity index (χ2v) is 6.25. The molecule has 1 aliphatic heterocycles. The summed E-state index contributed by atoms with van der Waals surface area (Å²) < 4.78 is 5.29. The molecule has 1 fully saturated rings. The molecule has 1 unspecified atom stereocenters. The number of hydrogen-bond acceptors (Lipinski definition) is 3. The van der Waals surface area contributed by atoms with E-state index < -0.39 is 0 Å². The standard InChI is InChI=1S/C19H21N3O/c1-22-9-3-4-18(22)19-20-12-17(21-19)15-6-5-14-11-16(23-2)8-7-13(14)10-15/h5-8,10-12,18H,3-4,9H2,1-2H3,(H,20,21). The summed E-state index contributed by atoms with van der Waals surface area (Å²) in [5, 5.41) is 2.39. The molecule has 3 aromatic rings. The number of methoxy groups -OCH3 is 1. The molecule has 4 nitrogen and oxygen atoms in total. The van der Waals surface area contributed by atoms with Crippen LogP contribution in [-0.4, -0.2) is 35.6 Å². The van der Waals surface area contributed by atoms with Gasteiger partial charge in [0, 0.05) is 5.56 Å². The van der Waals surface area contributed by atoms with Gasteiger partial charge in [-0.15, -0.1) is 0 Å². The number of ether oxygens (including phenoxy) is 1. The van der Waals surface area contributed by atoms with Crippen molar-refractivity contribution in [1.29, 1.82) is 0 Å². The van der Waals surface area contributed by atoms with Gasteiger partial charge >= 0.3 is 0 Å². The van der Waals surface area contributed by atoms with E-state index in [0.29, 0.717) is 6.04 Å². The summed E-state index contributed by atoms with van der Waals surface area (Å²) in [7, 11) is 3.87. The van der Waals surface area contributed by atoms with E-state index in [1.54, 1.807) is 7.11 Å². The van der Waals surface area contributed by atoms with E-state index >= 15 is 0 Å². The summed E-state index contributed by atoms with van der Waals surface area (Å²) in [6.45, 7) is 1.15. The predicted molar refractivity (Wildman–Crippen MR) is 92.7 cm³/mol. The molecule has 0 spiro atoms. The van der Waals surface area contributed by atoms with Crippen molar-refractivity contribution in [3.63, 3.8) is 0 Å². The van der Waals surface area contributed by atoms with Crippen LogP contribution >= 0.6 is 0 Å². The lowest BCUT2D eigenvalue weighted by atomic mass is 10.1. The summed E-state index contributed by atoms with van der Waals surface area (Å²) in [5.41, 5.74) is 2.25. The van der Waals surface area contributed by atoms with Crippen LogP contribution in [0.5, 0.6) is 5.75 Å². The van der Waals surface area contributed by atoms with Gasteiger partial charge in [0.25, 0.3) is 0 Å². The maximum atomic E-state index is 5.29. The third kappa shape index (κ3) is 2.59. The van der Waals surface area contributed by atoms with Gasteiger partial charge in [-0.05, 0) is 55.4 Å². The fraction of sp³-hybridized carbons (Fsp3) is 0.316. The van der Waals surface area contributed by atoms with E-state index in [1.165, 1.54) is 29.2 Å². The highest BCUT2D eigenvalue weighted by Crippen LogP contribution is 2.31. The number of aromatic nitrogens is 2. The van der Waals surface area contributed by atoms with E-state index in [1.807, 2.05) is 12.3 Å². The highest BCUT2D eigenvalue weighted by atomic mass is 16.5. The van der Waals surface area contributed by atoms with E-state index in [9.17, 15) is 0 Å². The van der Waals surface area contributed by atoms with Crippen molar-refractivity contribution in [2.45, 2.75) is 18.9 Å². The Kier molecular flexibility index (Phi) is 3.54. The van der Waals surface area contributed by atoms with Gasteiger partial charge in [-0.25, -0.2) is 4.98 Å². The number of H-pyrrole nitrogens is 1. The molecule has 0 saturated carbocycles. The lowest BCUT2D eigenvalue weighted by Gasteiger charge is -2.16. The lowest BCUT2D eigenvalue weighted by Crippen LogP contribution is -2.18. The first-order valence-electron chi connectivity index (χ1n) is 8.08. The Morgan fingerprint density at radius 2 is 2.00 bits per heavy atom. The van der Waals surface area contributed by atoms with Crippen molar-refractivity contribution in [2.24, 2.45) is 0 Å². The molecule has 1 N–H and O–H groups in total. The third-order valence-electron chi connectivity index (χ3n) is 4.79. The van der Waals surface area contributed by atoms with Gasteiger partial charge in [-0.3, -0.25) is 4.90 Å². The van der Waals surface area contributed by atoms with Gasteiger partial charge in [0.1, 0.15) is 11.6 Å². The summed E-state index contributed by atoms with van der Waals surface area (Å²) in [6.07, 6.45) is 4.38. The van der Waals surface area contributed by atoms with Gasteiger partial charge in [-0.1, -0.05) is 18.2 Å². The van der Waals surface area contributed by atoms with E-state index in [0.717, 1.165) is 23.8 Å². The molecule has 0 aliphatic carbocycles. The smallest absolute Gasteiger partial charge is 0.123 e. The molecule has 118 valence electrons. The molecule has 1 aromatic heterocycles. The number of nitrogens with zero attached hydrogens (tertiary/aromatic N) is 2. The molecule has 1 saturated heterocycles. The Bertz CT molecular complexity index is 840. The van der Waals surface area contributed by atoms with Crippen molar-refractivity contribution < 1.29 is 4.74 Å². The van der Waals surface area contributed by atoms with Gasteiger partial charge in [0.15, 0.2) is 0 Å². The number of benzene rings is 2. The Morgan fingerprint density at radius 3 is 2.78 bits per heavy atom. The number of imidazole rings is 1. The van der Waals surface area contributed by atoms with Gasteiger partial charge in [-0.2, -0.15) is 0 Å². The fourth-order valence-electron chi connectivity index (χ4n) is 3.43. The zero-order valence-corrected chi connectivity index (χ0v) is 13.5. The van der Waals surface area contributed by atoms with Crippen LogP contribution in [0.15, 0.2) is 42.6 Å². The Balaban J connectivity index is 1.67. The number of nitrogens with one attached hydrogen (secondary N) is 1. The molecule has 4 heteroatoms. The maximum Gasteiger partial charge on any atom is 0.123 e. The zero-order chi connectivity index (χ0) is 15.8. The molecule has 2 heterocycles. The first-order chi connectivity index (χ1) is 11.2. The average Bonchev–Trinajstić information content (AvgIpc) is 3.22. The maximum absolute atomic E-state index is 5.29. The quantitative estimate of drug-likeness (QED) is 0.795. The average molecular weight is 307 g/mol. The minimum atomic E-state index is 0.425. The SMILES string of the molecule is COc1ccc2cc(-c3cnc(C4CCCN4C)[nH]3)ccc2c1. The minimum absolute atomic E-state index is 0.425. The highest BCUT2D eigenvalue weighted by molar-refractivity contribution is 5.87. The van der Waals surface area contributed by atoms with E-state index in [2.05, 4.69) is 52.2 Å². The van der Waals surface area contributed by atoms with Crippen molar-refractivity contribution in [2.75, 3.05) is 20.7 Å². The second-order valence-electron chi connectivity index (χ2n) is 6.25. The van der Waals surface area contributed by atoms with Crippen molar-refractivity contribution >= 4 is 10.8 Å². The minimum Gasteiger partial charge on any atom is -0.497 e. The molecule has 23 heavy (non-hydrogen) atoms. The van der Waals surface area contributed by atoms with Gasteiger partial charge in [0.05, 0.1) is 25.0 Å². The summed E-state index contributed by atoms with van der Waals surface area (Å²) >= 11 is 0. The van der Waals surface area contributed by atoms with Crippen molar-refractivity contribution in [3.8, 4) is 17.0 Å². The van der Waals surface area contributed by atoms with Crippen LogP contribution in [0, 0.1) is 0 Å². The van der Waals surface area contributed by atoms with Crippen LogP contribution < -0.4 is 4.74 Å². The number of likely N-dealkylation sites (tertiary alicyclic amines) is 1. The molecule has 0 amide bonds. The van der Waals surface area contributed by atoms with Crippen LogP contribution in [-0.2, 0) is 0 Å². The Morgan fingerprint density at radius 1 is 1.17 bits per heavy atom. The van der Waals surface area contributed by atoms with E-state index in [-0.39, 0.29) is 0 Å². The fourth-order valence-corrected chi connectivity index (χ4v) is 3.43. The van der Waals surface area contributed by atoms with Crippen LogP contribution in [0.25, 0.3) is 22.0 Å². The van der Waals surface area contributed by atoms with Crippen LogP contribution in [0.1, 0.15) is 24.7 Å². The van der Waals surface area contributed by atoms with Crippen LogP contribution in [0.2, 0.25) is 0 Å². The Hall–Kier alpha value is -2.33. The molecule has 1 aliphatic rings. The summed E-state index contributed by atoms with van der Waals surface area (Å²) in [4.78, 5) is 10.5. The second kappa shape index (κ2) is 5.70. The first kappa shape index (κ1) is 14.3. The topological polar surface area (TPSA) is 41.1 Å². The number of aromatic amines is 1. The molecule has 2 aromatic carbocycles. The molecule has 0 radical (unpaired) electrons. The highest BCUT2D eigenvalue weighted by Gasteiger charge is 2.25. The van der Waals surface area contributed by atoms with Crippen molar-refractivity contribution in [1.82, 2.24) is 14.9 Å². The van der Waals surface area contributed by atoms with Gasteiger partial charge in [0.2, 0.25) is 0 Å². The van der Waals surface area contributed by atoms with E-state index in [4.69, 9.17) is 4.74 Å². The number of hydrogen-bond donors (Lipinski definition) is 1. The summed E-state index contributed by atoms with van der Waals surface area (Å²) in [6, 6.07) is 13.0. The normalized spacial score (nSPS) is 18.6. The predicted octanol–water partition coefficient (Wildman–Crippen LogP) is 4.01. The largest absolute Gasteiger partial charge is 0.497 e. The Labute approximate surface area is 136 Å². The lowest BCUT2D eigenvalue weighted by molar-refractivity contribution is 0.307. The molecular formula is C19H21N3O. The molecular weight excluding hydrogens is 286 g/mol. The van der Waals surface area contributed by atoms with Crippen LogP contribution in [0.3, 0.4) is 0 Å². The first-order valence-corrected chi connectivity index (χ1v) is 8.08. The van der Waals surface area contributed by atoms with Crippen LogP contribution in [0.4, 0.5) is 0 Å². The summed E-state index contributed by atoms with van der Waals surface area (Å²) in [5.74, 6) is 1.97.